The summed E-state index contributed by atoms with van der Waals surface area (Å²) in [6, 6.07) is 20.0. The summed E-state index contributed by atoms with van der Waals surface area (Å²) in [6.45, 7) is 8.29. The number of carbonyl (C=O) groups excluding carboxylic acids is 2. The van der Waals surface area contributed by atoms with E-state index in [1.165, 1.54) is 30.2 Å². The van der Waals surface area contributed by atoms with Crippen molar-refractivity contribution in [1.29, 1.82) is 0 Å². The lowest BCUT2D eigenvalue weighted by Gasteiger charge is -2.12. The summed E-state index contributed by atoms with van der Waals surface area (Å²) in [5.74, 6) is 0.0437. The van der Waals surface area contributed by atoms with Gasteiger partial charge in [0.1, 0.15) is 5.00 Å². The number of thioether (sulfide) groups is 1. The number of amides is 1. The average molecular weight is 584 g/mol. The van der Waals surface area contributed by atoms with Crippen molar-refractivity contribution in [3.8, 4) is 22.6 Å². The Morgan fingerprint density at radius 2 is 1.88 bits per heavy atom. The molecule has 0 fully saturated rings. The van der Waals surface area contributed by atoms with E-state index in [-0.39, 0.29) is 11.7 Å². The average Bonchev–Trinajstić information content (AvgIpc) is 3.54. The van der Waals surface area contributed by atoms with Gasteiger partial charge in [-0.1, -0.05) is 73.3 Å². The van der Waals surface area contributed by atoms with Gasteiger partial charge in [0.2, 0.25) is 5.91 Å². The van der Waals surface area contributed by atoms with Gasteiger partial charge < -0.3 is 10.1 Å². The zero-order valence-electron chi connectivity index (χ0n) is 23.0. The van der Waals surface area contributed by atoms with Crippen LogP contribution < -0.4 is 5.32 Å². The van der Waals surface area contributed by atoms with Gasteiger partial charge in [-0.2, -0.15) is 0 Å². The van der Waals surface area contributed by atoms with Crippen LogP contribution in [0.3, 0.4) is 0 Å². The molecule has 1 amide bonds. The fraction of sp³-hybridized carbons (Fsp3) is 0.194. The van der Waals surface area contributed by atoms with E-state index < -0.39 is 5.97 Å². The Hall–Kier alpha value is -4.28. The molecule has 3 aromatic heterocycles. The number of hydrogen-bond acceptors (Lipinski definition) is 8. The summed E-state index contributed by atoms with van der Waals surface area (Å²) in [5, 5.41) is 13.9. The molecule has 5 aromatic rings. The van der Waals surface area contributed by atoms with E-state index in [4.69, 9.17) is 9.72 Å². The highest BCUT2D eigenvalue weighted by molar-refractivity contribution is 7.99. The lowest BCUT2D eigenvalue weighted by atomic mass is 10.0. The first-order valence-electron chi connectivity index (χ1n) is 13.1. The number of hydrogen-bond donors (Lipinski definition) is 1. The van der Waals surface area contributed by atoms with E-state index in [0.717, 1.165) is 38.2 Å². The second kappa shape index (κ2) is 12.5. The Balaban J connectivity index is 1.45. The topological polar surface area (TPSA) is 99.0 Å². The number of rotatable bonds is 10. The van der Waals surface area contributed by atoms with Crippen LogP contribution in [-0.2, 0) is 22.5 Å². The third kappa shape index (κ3) is 5.79. The molecule has 2 aromatic carbocycles. The highest BCUT2D eigenvalue weighted by Gasteiger charge is 2.24. The molecule has 41 heavy (non-hydrogen) atoms. The standard InChI is InChI=1S/C31H29N5O3S2/c1-5-16-36-28(23-17-25(20-12-8-7-9-13-20)32-24-15-11-10-14-22(23)24)34-35-31(36)40-18-26(37)33-29-27(30(38)39-4)21(6-2)19(3)41-29/h5,7-15,17H,1,6,16,18H2,2-4H3,(H,33,37). The number of nitrogens with one attached hydrogen (secondary N) is 1. The maximum atomic E-state index is 13.0. The molecule has 0 aliphatic rings. The number of aromatic nitrogens is 4. The van der Waals surface area contributed by atoms with Crippen LogP contribution >= 0.6 is 23.1 Å². The van der Waals surface area contributed by atoms with Gasteiger partial charge in [0.15, 0.2) is 11.0 Å². The summed E-state index contributed by atoms with van der Waals surface area (Å²) in [5.41, 5.74) is 4.89. The number of fused-ring (bicyclic) bond motifs is 1. The number of benzene rings is 2. The van der Waals surface area contributed by atoms with Crippen molar-refractivity contribution in [2.45, 2.75) is 32.0 Å². The molecule has 8 nitrogen and oxygen atoms in total. The number of esters is 1. The molecule has 0 aliphatic carbocycles. The molecule has 10 heteroatoms. The van der Waals surface area contributed by atoms with Gasteiger partial charge in [-0.3, -0.25) is 9.36 Å². The van der Waals surface area contributed by atoms with Crippen molar-refractivity contribution in [2.75, 3.05) is 18.2 Å². The highest BCUT2D eigenvalue weighted by Crippen LogP contribution is 2.35. The molecule has 0 spiro atoms. The molecule has 0 saturated carbocycles. The maximum absolute atomic E-state index is 13.0. The van der Waals surface area contributed by atoms with E-state index in [9.17, 15) is 9.59 Å². The molecule has 0 aliphatic heterocycles. The fourth-order valence-corrected chi connectivity index (χ4v) is 6.61. The van der Waals surface area contributed by atoms with Gasteiger partial charge >= 0.3 is 5.97 Å². The monoisotopic (exact) mass is 583 g/mol. The van der Waals surface area contributed by atoms with Crippen molar-refractivity contribution in [2.24, 2.45) is 0 Å². The number of anilines is 1. The molecule has 0 atom stereocenters. The molecule has 3 heterocycles. The van der Waals surface area contributed by atoms with Crippen molar-refractivity contribution < 1.29 is 14.3 Å². The van der Waals surface area contributed by atoms with Crippen molar-refractivity contribution in [3.63, 3.8) is 0 Å². The van der Waals surface area contributed by atoms with Crippen LogP contribution in [0.25, 0.3) is 33.5 Å². The van der Waals surface area contributed by atoms with Crippen LogP contribution in [0.1, 0.15) is 27.7 Å². The van der Waals surface area contributed by atoms with Gasteiger partial charge in [-0.15, -0.1) is 28.1 Å². The first-order chi connectivity index (χ1) is 19.9. The van der Waals surface area contributed by atoms with Crippen LogP contribution in [0.5, 0.6) is 0 Å². The third-order valence-electron chi connectivity index (χ3n) is 6.59. The number of nitrogens with zero attached hydrogens (tertiary/aromatic N) is 4. The molecule has 0 radical (unpaired) electrons. The van der Waals surface area contributed by atoms with Crippen LogP contribution in [0.15, 0.2) is 78.5 Å². The minimum absolute atomic E-state index is 0.0840. The summed E-state index contributed by atoms with van der Waals surface area (Å²) in [6.07, 6.45) is 2.45. The number of methoxy groups -OCH3 is 1. The number of thiophene rings is 1. The van der Waals surface area contributed by atoms with E-state index in [2.05, 4.69) is 22.1 Å². The number of carbonyl (C=O) groups is 2. The van der Waals surface area contributed by atoms with Crippen molar-refractivity contribution >= 4 is 50.9 Å². The summed E-state index contributed by atoms with van der Waals surface area (Å²) >= 11 is 2.65. The Morgan fingerprint density at radius 3 is 2.61 bits per heavy atom. The molecular formula is C31H29N5O3S2. The normalized spacial score (nSPS) is 11.0. The number of aryl methyl sites for hydroxylation is 1. The zero-order chi connectivity index (χ0) is 28.9. The van der Waals surface area contributed by atoms with Crippen molar-refractivity contribution in [3.05, 3.63) is 89.3 Å². The Labute approximate surface area is 246 Å². The van der Waals surface area contributed by atoms with E-state index in [1.54, 1.807) is 6.08 Å². The van der Waals surface area contributed by atoms with Crippen LogP contribution in [0.2, 0.25) is 0 Å². The maximum Gasteiger partial charge on any atom is 0.341 e. The van der Waals surface area contributed by atoms with Crippen LogP contribution in [0.4, 0.5) is 5.00 Å². The SMILES string of the molecule is C=CCn1c(SCC(=O)Nc2sc(C)c(CC)c2C(=O)OC)nnc1-c1cc(-c2ccccc2)nc2ccccc12. The van der Waals surface area contributed by atoms with E-state index >= 15 is 0 Å². The number of pyridine rings is 1. The molecule has 0 unspecified atom stereocenters. The van der Waals surface area contributed by atoms with E-state index in [0.29, 0.717) is 34.5 Å². The van der Waals surface area contributed by atoms with E-state index in [1.807, 2.05) is 79.1 Å². The Morgan fingerprint density at radius 1 is 1.12 bits per heavy atom. The third-order valence-corrected chi connectivity index (χ3v) is 8.62. The predicted molar refractivity (Wildman–Crippen MR) is 166 cm³/mol. The van der Waals surface area contributed by atoms with Crippen LogP contribution in [-0.4, -0.2) is 44.5 Å². The van der Waals surface area contributed by atoms with Gasteiger partial charge in [0.25, 0.3) is 0 Å². The van der Waals surface area contributed by atoms with Gasteiger partial charge in [0, 0.05) is 27.9 Å². The molecule has 1 N–H and O–H groups in total. The van der Waals surface area contributed by atoms with Gasteiger partial charge in [-0.05, 0) is 31.0 Å². The minimum atomic E-state index is -0.455. The number of allylic oxidation sites excluding steroid dienone is 1. The predicted octanol–water partition coefficient (Wildman–Crippen LogP) is 6.80. The second-order valence-corrected chi connectivity index (χ2v) is 11.3. The molecule has 0 saturated heterocycles. The molecule has 5 rings (SSSR count). The first kappa shape index (κ1) is 28.3. The minimum Gasteiger partial charge on any atom is -0.465 e. The largest absolute Gasteiger partial charge is 0.465 e. The fourth-order valence-electron chi connectivity index (χ4n) is 4.71. The van der Waals surface area contributed by atoms with Gasteiger partial charge in [-0.25, -0.2) is 9.78 Å². The quantitative estimate of drug-likeness (QED) is 0.110. The molecular weight excluding hydrogens is 555 g/mol. The number of para-hydroxylation sites is 1. The molecule has 0 bridgehead atoms. The zero-order valence-corrected chi connectivity index (χ0v) is 24.6. The summed E-state index contributed by atoms with van der Waals surface area (Å²) in [7, 11) is 1.34. The summed E-state index contributed by atoms with van der Waals surface area (Å²) in [4.78, 5) is 31.3. The lowest BCUT2D eigenvalue weighted by molar-refractivity contribution is -0.113. The Bertz CT molecular complexity index is 1740. The van der Waals surface area contributed by atoms with Gasteiger partial charge in [0.05, 0.1) is 29.6 Å². The summed E-state index contributed by atoms with van der Waals surface area (Å²) < 4.78 is 6.92. The highest BCUT2D eigenvalue weighted by atomic mass is 32.2. The number of ether oxygens (including phenoxy) is 1. The Kier molecular flexibility index (Phi) is 8.61. The second-order valence-electron chi connectivity index (χ2n) is 9.17. The lowest BCUT2D eigenvalue weighted by Crippen LogP contribution is -2.16. The first-order valence-corrected chi connectivity index (χ1v) is 14.9. The van der Waals surface area contributed by atoms with Crippen LogP contribution in [0, 0.1) is 6.92 Å². The van der Waals surface area contributed by atoms with Crippen molar-refractivity contribution in [1.82, 2.24) is 19.7 Å². The smallest absolute Gasteiger partial charge is 0.341 e. The molecule has 208 valence electrons.